The molecule has 5 nitrogen and oxygen atoms in total. The van der Waals surface area contributed by atoms with Crippen molar-refractivity contribution in [2.45, 2.75) is 0 Å². The van der Waals surface area contributed by atoms with Crippen LogP contribution in [0, 0.1) is 0 Å². The van der Waals surface area contributed by atoms with Gasteiger partial charge in [-0.05, 0) is 69.1 Å². The molecule has 12 aromatic rings. The van der Waals surface area contributed by atoms with Crippen molar-refractivity contribution in [3.63, 3.8) is 0 Å². The molecule has 0 aliphatic rings. The van der Waals surface area contributed by atoms with Crippen LogP contribution in [0.1, 0.15) is 0 Å². The lowest BCUT2D eigenvalue weighted by atomic mass is 9.95. The number of hydrogen-bond donors (Lipinski definition) is 0. The summed E-state index contributed by atoms with van der Waals surface area (Å²) >= 11 is 0. The van der Waals surface area contributed by atoms with Crippen molar-refractivity contribution in [2.24, 2.45) is 0 Å². The van der Waals surface area contributed by atoms with E-state index in [0.29, 0.717) is 17.6 Å². The van der Waals surface area contributed by atoms with E-state index in [0.717, 1.165) is 44.2 Å². The first-order valence-corrected chi connectivity index (χ1v) is 19.0. The second-order valence-corrected chi connectivity index (χ2v) is 14.4. The van der Waals surface area contributed by atoms with Crippen molar-refractivity contribution in [1.82, 2.24) is 24.1 Å². The van der Waals surface area contributed by atoms with Crippen LogP contribution in [0.4, 0.5) is 0 Å². The van der Waals surface area contributed by atoms with Gasteiger partial charge < -0.3 is 4.57 Å². The molecule has 0 bridgehead atoms. The summed E-state index contributed by atoms with van der Waals surface area (Å²) in [6, 6.07) is 66.6. The number of nitrogens with zero attached hydrogens (tertiary/aromatic N) is 5. The number of benzene rings is 9. The Balaban J connectivity index is 1.08. The Morgan fingerprint density at radius 1 is 0.286 bits per heavy atom. The number of fused-ring (bicyclic) bond motifs is 6. The second-order valence-electron chi connectivity index (χ2n) is 14.4. The molecule has 0 aliphatic carbocycles. The first kappa shape index (κ1) is 30.8. The normalized spacial score (nSPS) is 11.9. The summed E-state index contributed by atoms with van der Waals surface area (Å²) in [5, 5.41) is 10.0. The molecule has 0 saturated carbocycles. The lowest BCUT2D eigenvalue weighted by Crippen LogP contribution is -2.06. The fourth-order valence-electron chi connectivity index (χ4n) is 8.86. The monoisotopic (exact) mass is 713 g/mol. The first-order valence-electron chi connectivity index (χ1n) is 19.0. The van der Waals surface area contributed by atoms with E-state index < -0.39 is 0 Å². The number of rotatable bonds is 5. The molecule has 9 aromatic carbocycles. The Bertz CT molecular complexity index is 3370. The van der Waals surface area contributed by atoms with Crippen molar-refractivity contribution in [3.8, 4) is 45.5 Å². The number of hydrogen-bond acceptors (Lipinski definition) is 3. The van der Waals surface area contributed by atoms with E-state index in [2.05, 4.69) is 173 Å². The maximum atomic E-state index is 5.21. The van der Waals surface area contributed by atoms with Crippen molar-refractivity contribution in [3.05, 3.63) is 188 Å². The van der Waals surface area contributed by atoms with Gasteiger partial charge in [-0.2, -0.15) is 9.97 Å². The Morgan fingerprint density at radius 3 is 1.39 bits per heavy atom. The van der Waals surface area contributed by atoms with E-state index in [1.807, 2.05) is 24.3 Å². The molecule has 0 amide bonds. The van der Waals surface area contributed by atoms with Gasteiger partial charge in [0.1, 0.15) is 0 Å². The molecule has 0 aliphatic heterocycles. The highest BCUT2D eigenvalue weighted by atomic mass is 15.2. The summed E-state index contributed by atoms with van der Waals surface area (Å²) in [4.78, 5) is 15.4. The molecule has 0 saturated heterocycles. The van der Waals surface area contributed by atoms with Crippen LogP contribution in [0.5, 0.6) is 0 Å². The van der Waals surface area contributed by atoms with Gasteiger partial charge in [-0.15, -0.1) is 0 Å². The zero-order chi connectivity index (χ0) is 36.7. The van der Waals surface area contributed by atoms with Gasteiger partial charge in [-0.1, -0.05) is 152 Å². The summed E-state index contributed by atoms with van der Waals surface area (Å²) in [6.45, 7) is 0. The third kappa shape index (κ3) is 4.52. The molecule has 3 aromatic heterocycles. The van der Waals surface area contributed by atoms with Crippen molar-refractivity contribution < 1.29 is 0 Å². The van der Waals surface area contributed by atoms with Gasteiger partial charge in [-0.25, -0.2) is 4.98 Å². The zero-order valence-corrected chi connectivity index (χ0v) is 30.1. The molecule has 0 fully saturated rings. The van der Waals surface area contributed by atoms with Crippen molar-refractivity contribution in [1.29, 1.82) is 0 Å². The number of aromatic nitrogens is 5. The lowest BCUT2D eigenvalue weighted by Gasteiger charge is -2.12. The van der Waals surface area contributed by atoms with Gasteiger partial charge in [-0.3, -0.25) is 4.57 Å². The Labute approximate surface area is 321 Å². The van der Waals surface area contributed by atoms with E-state index >= 15 is 0 Å². The maximum Gasteiger partial charge on any atom is 0.238 e. The van der Waals surface area contributed by atoms with Crippen LogP contribution < -0.4 is 0 Å². The van der Waals surface area contributed by atoms with Crippen LogP contribution >= 0.6 is 0 Å². The van der Waals surface area contributed by atoms with E-state index in [4.69, 9.17) is 15.0 Å². The van der Waals surface area contributed by atoms with Gasteiger partial charge in [0.25, 0.3) is 0 Å². The molecule has 0 spiro atoms. The van der Waals surface area contributed by atoms with Gasteiger partial charge in [0.15, 0.2) is 11.6 Å². The smallest absolute Gasteiger partial charge is 0.238 e. The van der Waals surface area contributed by atoms with Crippen LogP contribution in [-0.4, -0.2) is 24.1 Å². The minimum Gasteiger partial charge on any atom is -0.309 e. The van der Waals surface area contributed by atoms with E-state index in [9.17, 15) is 0 Å². The summed E-state index contributed by atoms with van der Waals surface area (Å²) in [5.74, 6) is 1.83. The topological polar surface area (TPSA) is 48.5 Å². The van der Waals surface area contributed by atoms with Crippen LogP contribution in [0.25, 0.3) is 111 Å². The molecule has 12 rings (SSSR count). The first-order chi connectivity index (χ1) is 27.8. The van der Waals surface area contributed by atoms with E-state index in [1.54, 1.807) is 0 Å². The summed E-state index contributed by atoms with van der Waals surface area (Å²) in [6.07, 6.45) is 0. The summed E-state index contributed by atoms with van der Waals surface area (Å²) in [5.41, 5.74) is 9.77. The molecule has 5 heteroatoms. The SMILES string of the molecule is c1ccc(-c2ccc(-c3nc(-c4ccccc4)nc(-n4c5ccccc5c5cc(-n6c7cccc8c9ccccc9c9cccc6c9c87)ccc54)n3)cc2)cc1. The molecule has 0 radical (unpaired) electrons. The van der Waals surface area contributed by atoms with E-state index in [1.165, 1.54) is 48.9 Å². The minimum absolute atomic E-state index is 0.578. The predicted octanol–water partition coefficient (Wildman–Crippen LogP) is 12.8. The standard InChI is InChI=1S/C51H31N5/c1-3-13-32(14-4-1)33-25-27-35(28-26-33)50-52-49(34-15-5-2-6-16-34)53-51(54-50)56-43-22-10-9-19-39(43)42-31-36(29-30-44(42)56)55-45-23-11-20-40-37-17-7-8-18-38(37)41-21-12-24-46(55)48(41)47(40)45/h1-31H. The van der Waals surface area contributed by atoms with Gasteiger partial charge in [0, 0.05) is 38.4 Å². The van der Waals surface area contributed by atoms with Crippen molar-refractivity contribution >= 4 is 65.2 Å². The molecule has 0 unspecified atom stereocenters. The van der Waals surface area contributed by atoms with E-state index in [-0.39, 0.29) is 0 Å². The molecule has 0 N–H and O–H groups in total. The molecule has 0 atom stereocenters. The Morgan fingerprint density at radius 2 is 0.750 bits per heavy atom. The van der Waals surface area contributed by atoms with Gasteiger partial charge >= 0.3 is 0 Å². The quantitative estimate of drug-likeness (QED) is 0.167. The lowest BCUT2D eigenvalue weighted by molar-refractivity contribution is 0.953. The molecular weight excluding hydrogens is 683 g/mol. The number of para-hydroxylation sites is 1. The maximum absolute atomic E-state index is 5.21. The van der Waals surface area contributed by atoms with Crippen LogP contribution in [0.3, 0.4) is 0 Å². The van der Waals surface area contributed by atoms with Gasteiger partial charge in [0.05, 0.1) is 22.1 Å². The zero-order valence-electron chi connectivity index (χ0n) is 30.1. The third-order valence-corrected chi connectivity index (χ3v) is 11.3. The molecular formula is C51H31N5. The van der Waals surface area contributed by atoms with Crippen LogP contribution in [0.15, 0.2) is 188 Å². The molecule has 260 valence electrons. The highest BCUT2D eigenvalue weighted by Gasteiger charge is 2.22. The molecule has 3 heterocycles. The highest BCUT2D eigenvalue weighted by Crippen LogP contribution is 2.44. The molecule has 56 heavy (non-hydrogen) atoms. The average Bonchev–Trinajstić information content (AvgIpc) is 3.80. The summed E-state index contributed by atoms with van der Waals surface area (Å²) in [7, 11) is 0. The second kappa shape index (κ2) is 11.9. The van der Waals surface area contributed by atoms with Crippen LogP contribution in [0.2, 0.25) is 0 Å². The highest BCUT2D eigenvalue weighted by molar-refractivity contribution is 6.34. The largest absolute Gasteiger partial charge is 0.309 e. The third-order valence-electron chi connectivity index (χ3n) is 11.3. The predicted molar refractivity (Wildman–Crippen MR) is 231 cm³/mol. The van der Waals surface area contributed by atoms with Gasteiger partial charge in [0.2, 0.25) is 5.95 Å². The Kier molecular flexibility index (Phi) is 6.56. The van der Waals surface area contributed by atoms with Crippen LogP contribution in [-0.2, 0) is 0 Å². The fourth-order valence-corrected chi connectivity index (χ4v) is 8.86. The Hall–Kier alpha value is -7.63. The van der Waals surface area contributed by atoms with Crippen molar-refractivity contribution in [2.75, 3.05) is 0 Å². The fraction of sp³-hybridized carbons (Fsp3) is 0. The average molecular weight is 714 g/mol. The summed E-state index contributed by atoms with van der Waals surface area (Å²) < 4.78 is 4.63. The minimum atomic E-state index is 0.578.